The Morgan fingerprint density at radius 1 is 0.711 bits per heavy atom. The molecule has 0 radical (unpaired) electrons. The fraction of sp³-hybridized carbons (Fsp3) is 0.286. The molecule has 0 bridgehead atoms. The van der Waals surface area contributed by atoms with Crippen molar-refractivity contribution in [2.75, 3.05) is 24.9 Å². The van der Waals surface area contributed by atoms with Crippen molar-refractivity contribution in [3.05, 3.63) is 132 Å². The summed E-state index contributed by atoms with van der Waals surface area (Å²) in [5.41, 5.74) is 3.36. The van der Waals surface area contributed by atoms with Crippen LogP contribution in [0.15, 0.2) is 115 Å². The largest absolute Gasteiger partial charge is 0.497 e. The number of nitrogens with zero attached hydrogens (tertiary/aromatic N) is 1. The zero-order valence-electron chi connectivity index (χ0n) is 25.2. The van der Waals surface area contributed by atoms with E-state index in [9.17, 15) is 13.2 Å². The quantitative estimate of drug-likeness (QED) is 0.124. The van der Waals surface area contributed by atoms with Gasteiger partial charge in [-0.2, -0.15) is 8.42 Å². The third-order valence-corrected chi connectivity index (χ3v) is 7.96. The van der Waals surface area contributed by atoms with Gasteiger partial charge >= 0.3 is 0 Å². The first-order chi connectivity index (χ1) is 21.8. The number of carbonyl (C=O) groups is 1. The minimum Gasteiger partial charge on any atom is -0.497 e. The van der Waals surface area contributed by atoms with Crippen molar-refractivity contribution < 1.29 is 36.3 Å². The van der Waals surface area contributed by atoms with Gasteiger partial charge in [0.15, 0.2) is 6.10 Å². The summed E-state index contributed by atoms with van der Waals surface area (Å²) in [5, 5.41) is 0. The van der Waals surface area contributed by atoms with Gasteiger partial charge in [0, 0.05) is 5.69 Å². The normalized spacial score (nSPS) is 17.8. The van der Waals surface area contributed by atoms with Crippen LogP contribution in [0.25, 0.3) is 0 Å². The van der Waals surface area contributed by atoms with Crippen molar-refractivity contribution in [2.24, 2.45) is 0 Å². The molecular formula is C35H37NO8S. The molecule has 1 saturated heterocycles. The number of benzene rings is 4. The van der Waals surface area contributed by atoms with Crippen molar-refractivity contribution in [1.82, 2.24) is 0 Å². The SMILES string of the molecule is COc1ccc(N2C(=O)[C@@H](OS(C)(=O)=O)[C@H]2[C@H](OCc2ccccc2)[C@@H](COCc2ccccc2)OCc2ccccc2)cc1. The molecule has 1 heterocycles. The Morgan fingerprint density at radius 3 is 1.73 bits per heavy atom. The highest BCUT2D eigenvalue weighted by molar-refractivity contribution is 7.86. The molecule has 0 saturated carbocycles. The van der Waals surface area contributed by atoms with Gasteiger partial charge in [-0.15, -0.1) is 0 Å². The zero-order valence-corrected chi connectivity index (χ0v) is 26.0. The maximum absolute atomic E-state index is 13.6. The Labute approximate surface area is 264 Å². The Morgan fingerprint density at radius 2 is 1.22 bits per heavy atom. The number of hydrogen-bond donors (Lipinski definition) is 0. The minimum atomic E-state index is -4.00. The molecule has 0 unspecified atom stereocenters. The van der Waals surface area contributed by atoms with Gasteiger partial charge in [0.05, 0.1) is 39.8 Å². The summed E-state index contributed by atoms with van der Waals surface area (Å²) >= 11 is 0. The van der Waals surface area contributed by atoms with E-state index in [0.29, 0.717) is 18.0 Å². The average Bonchev–Trinajstić information content (AvgIpc) is 3.06. The summed E-state index contributed by atoms with van der Waals surface area (Å²) in [6, 6.07) is 35.1. The molecule has 45 heavy (non-hydrogen) atoms. The van der Waals surface area contributed by atoms with Crippen molar-refractivity contribution in [3.63, 3.8) is 0 Å². The molecule has 4 atom stereocenters. The summed E-state index contributed by atoms with van der Waals surface area (Å²) < 4.78 is 54.7. The molecule has 5 rings (SSSR count). The number of ether oxygens (including phenoxy) is 4. The number of carbonyl (C=O) groups excluding carboxylic acids is 1. The molecule has 10 heteroatoms. The smallest absolute Gasteiger partial charge is 0.265 e. The first-order valence-electron chi connectivity index (χ1n) is 14.6. The highest BCUT2D eigenvalue weighted by atomic mass is 32.2. The Balaban J connectivity index is 1.50. The monoisotopic (exact) mass is 631 g/mol. The first kappa shape index (κ1) is 32.3. The third kappa shape index (κ3) is 8.78. The molecule has 1 aliphatic rings. The van der Waals surface area contributed by atoms with Gasteiger partial charge in [0.2, 0.25) is 0 Å². The molecule has 1 amide bonds. The molecule has 4 aromatic carbocycles. The number of hydrogen-bond acceptors (Lipinski definition) is 8. The number of methoxy groups -OCH3 is 1. The van der Waals surface area contributed by atoms with Crippen LogP contribution in [0.1, 0.15) is 16.7 Å². The Kier molecular flexibility index (Phi) is 11.0. The van der Waals surface area contributed by atoms with Crippen LogP contribution in [0.4, 0.5) is 5.69 Å². The zero-order chi connectivity index (χ0) is 31.6. The van der Waals surface area contributed by atoms with Crippen molar-refractivity contribution >= 4 is 21.7 Å². The Hall–Kier alpha value is -4.06. The minimum absolute atomic E-state index is 0.105. The van der Waals surface area contributed by atoms with E-state index in [0.717, 1.165) is 22.9 Å². The standard InChI is InChI=1S/C35H37NO8S/c1-40-30-20-18-29(19-21-30)36-32(34(35(36)37)44-45(2,38)39)33(43-24-28-16-10-5-11-17-28)31(42-23-27-14-8-4-9-15-27)25-41-22-26-12-6-3-7-13-26/h3-21,31-34H,22-25H2,1-2H3/t31-,32-,33-,34+/m1/s1. The van der Waals surface area contributed by atoms with Crippen LogP contribution in [0.5, 0.6) is 5.75 Å². The topological polar surface area (TPSA) is 101 Å². The molecule has 0 spiro atoms. The van der Waals surface area contributed by atoms with Crippen LogP contribution in [0, 0.1) is 0 Å². The molecule has 0 aromatic heterocycles. The lowest BCUT2D eigenvalue weighted by Gasteiger charge is -2.50. The maximum Gasteiger partial charge on any atom is 0.265 e. The highest BCUT2D eigenvalue weighted by Crippen LogP contribution is 2.37. The van der Waals surface area contributed by atoms with E-state index in [2.05, 4.69) is 0 Å². The molecule has 1 aliphatic heterocycles. The van der Waals surface area contributed by atoms with Gasteiger partial charge in [-0.05, 0) is 41.0 Å². The van der Waals surface area contributed by atoms with E-state index in [1.807, 2.05) is 91.0 Å². The van der Waals surface area contributed by atoms with E-state index in [-0.39, 0.29) is 19.8 Å². The van der Waals surface area contributed by atoms with Crippen LogP contribution in [0.2, 0.25) is 0 Å². The lowest BCUT2D eigenvalue weighted by molar-refractivity contribution is -0.159. The van der Waals surface area contributed by atoms with Gasteiger partial charge in [-0.1, -0.05) is 91.0 Å². The third-order valence-electron chi connectivity index (χ3n) is 7.41. The van der Waals surface area contributed by atoms with E-state index < -0.39 is 40.4 Å². The highest BCUT2D eigenvalue weighted by Gasteiger charge is 2.57. The molecule has 9 nitrogen and oxygen atoms in total. The van der Waals surface area contributed by atoms with Crippen LogP contribution in [0.3, 0.4) is 0 Å². The first-order valence-corrected chi connectivity index (χ1v) is 16.4. The molecular weight excluding hydrogens is 594 g/mol. The van der Waals surface area contributed by atoms with Gasteiger partial charge in [-0.3, -0.25) is 8.98 Å². The van der Waals surface area contributed by atoms with Crippen molar-refractivity contribution in [2.45, 2.75) is 44.2 Å². The van der Waals surface area contributed by atoms with E-state index in [4.69, 9.17) is 23.1 Å². The Bertz CT molecular complexity index is 1600. The number of rotatable bonds is 16. The van der Waals surface area contributed by atoms with Gasteiger partial charge in [-0.25, -0.2) is 0 Å². The van der Waals surface area contributed by atoms with Crippen molar-refractivity contribution in [1.29, 1.82) is 0 Å². The molecule has 0 N–H and O–H groups in total. The second kappa shape index (κ2) is 15.3. The van der Waals surface area contributed by atoms with Gasteiger partial charge in [0.25, 0.3) is 16.0 Å². The number of amides is 1. The van der Waals surface area contributed by atoms with Crippen LogP contribution in [-0.4, -0.2) is 58.7 Å². The number of β-lactam (4-membered cyclic amide) rings is 1. The number of anilines is 1. The van der Waals surface area contributed by atoms with E-state index >= 15 is 0 Å². The lowest BCUT2D eigenvalue weighted by Crippen LogP contribution is -2.73. The predicted molar refractivity (Wildman–Crippen MR) is 170 cm³/mol. The fourth-order valence-corrected chi connectivity index (χ4v) is 5.78. The van der Waals surface area contributed by atoms with Crippen molar-refractivity contribution in [3.8, 4) is 5.75 Å². The molecule has 4 aromatic rings. The lowest BCUT2D eigenvalue weighted by atomic mass is 9.88. The fourth-order valence-electron chi connectivity index (χ4n) is 5.21. The molecule has 236 valence electrons. The van der Waals surface area contributed by atoms with E-state index in [1.54, 1.807) is 31.4 Å². The van der Waals surface area contributed by atoms with Crippen LogP contribution < -0.4 is 9.64 Å². The summed E-state index contributed by atoms with van der Waals surface area (Å²) in [6.45, 7) is 0.856. The molecule has 0 aliphatic carbocycles. The van der Waals surface area contributed by atoms with Crippen LogP contribution in [-0.2, 0) is 53.1 Å². The van der Waals surface area contributed by atoms with Gasteiger partial charge in [0.1, 0.15) is 24.0 Å². The summed E-state index contributed by atoms with van der Waals surface area (Å²) in [5.74, 6) is 0.110. The maximum atomic E-state index is 13.6. The van der Waals surface area contributed by atoms with E-state index in [1.165, 1.54) is 4.90 Å². The summed E-state index contributed by atoms with van der Waals surface area (Å²) in [4.78, 5) is 15.1. The summed E-state index contributed by atoms with van der Waals surface area (Å²) in [6.07, 6.45) is -1.96. The second-order valence-corrected chi connectivity index (χ2v) is 12.3. The summed E-state index contributed by atoms with van der Waals surface area (Å²) in [7, 11) is -2.44. The average molecular weight is 632 g/mol. The second-order valence-electron chi connectivity index (χ2n) is 10.7. The van der Waals surface area contributed by atoms with Gasteiger partial charge < -0.3 is 23.8 Å². The molecule has 1 fully saturated rings. The van der Waals surface area contributed by atoms with Crippen LogP contribution >= 0.6 is 0 Å². The predicted octanol–water partition coefficient (Wildman–Crippen LogP) is 5.14.